The van der Waals surface area contributed by atoms with Crippen LogP contribution in [0.4, 0.5) is 5.82 Å². The van der Waals surface area contributed by atoms with Gasteiger partial charge in [0.1, 0.15) is 17.8 Å². The molecule has 0 saturated carbocycles. The Morgan fingerprint density at radius 3 is 2.69 bits per heavy atom. The second-order valence-corrected chi connectivity index (χ2v) is 5.75. The summed E-state index contributed by atoms with van der Waals surface area (Å²) in [6, 6.07) is 7.08. The number of H-pyrrole nitrogens is 1. The molecule has 2 aromatic heterocycles. The topological polar surface area (TPSA) is 97.7 Å². The minimum atomic E-state index is -0.513. The van der Waals surface area contributed by atoms with Crippen molar-refractivity contribution < 1.29 is 19.1 Å². The SMILES string of the molecule is CCOC(=O)CNc1c(-c2ccc(Cl)cc2)nc2c(C(=O)OC)c[nH]n12. The number of aromatic amines is 1. The molecule has 0 bridgehead atoms. The molecule has 0 saturated heterocycles. The van der Waals surface area contributed by atoms with Crippen molar-refractivity contribution in [1.82, 2.24) is 14.6 Å². The number of aromatic nitrogens is 3. The van der Waals surface area contributed by atoms with E-state index >= 15 is 0 Å². The number of esters is 2. The first-order valence-electron chi connectivity index (χ1n) is 7.88. The Hall–Kier alpha value is -3.00. The van der Waals surface area contributed by atoms with Gasteiger partial charge in [-0.3, -0.25) is 9.89 Å². The summed E-state index contributed by atoms with van der Waals surface area (Å²) in [5, 5.41) is 6.55. The molecule has 2 heterocycles. The Bertz CT molecular complexity index is 946. The first-order chi connectivity index (χ1) is 12.5. The fourth-order valence-corrected chi connectivity index (χ4v) is 2.65. The Balaban J connectivity index is 2.07. The zero-order valence-electron chi connectivity index (χ0n) is 14.2. The standard InChI is InChI=1S/C17H17ClN4O4/c1-3-26-13(23)9-19-16-14(10-4-6-11(18)7-5-10)21-15-12(17(24)25-2)8-20-22(15)16/h4-8,19-20H,3,9H2,1-2H3. The van der Waals surface area contributed by atoms with Crippen LogP contribution in [0.25, 0.3) is 16.9 Å². The van der Waals surface area contributed by atoms with E-state index in [1.165, 1.54) is 13.3 Å². The highest BCUT2D eigenvalue weighted by atomic mass is 35.5. The van der Waals surface area contributed by atoms with Gasteiger partial charge in [-0.1, -0.05) is 23.7 Å². The third-order valence-corrected chi connectivity index (χ3v) is 3.94. The van der Waals surface area contributed by atoms with Crippen LogP contribution in [0.2, 0.25) is 5.02 Å². The molecule has 8 nitrogen and oxygen atoms in total. The summed E-state index contributed by atoms with van der Waals surface area (Å²) in [5.41, 5.74) is 2.00. The van der Waals surface area contributed by atoms with Gasteiger partial charge in [-0.2, -0.15) is 0 Å². The number of imidazole rings is 1. The number of carbonyl (C=O) groups is 2. The molecule has 9 heteroatoms. The first kappa shape index (κ1) is 17.8. The average molecular weight is 377 g/mol. The zero-order valence-corrected chi connectivity index (χ0v) is 15.0. The number of rotatable bonds is 6. The summed E-state index contributed by atoms with van der Waals surface area (Å²) >= 11 is 5.95. The molecule has 0 atom stereocenters. The van der Waals surface area contributed by atoms with Crippen molar-refractivity contribution in [2.24, 2.45) is 0 Å². The largest absolute Gasteiger partial charge is 0.465 e. The van der Waals surface area contributed by atoms with E-state index in [1.807, 2.05) is 0 Å². The van der Waals surface area contributed by atoms with E-state index in [0.717, 1.165) is 5.56 Å². The molecule has 3 aromatic rings. The van der Waals surface area contributed by atoms with Crippen molar-refractivity contribution in [2.75, 3.05) is 25.6 Å². The molecular formula is C17H17ClN4O4. The summed E-state index contributed by atoms with van der Waals surface area (Å²) in [6.07, 6.45) is 1.50. The monoisotopic (exact) mass is 376 g/mol. The van der Waals surface area contributed by atoms with Crippen molar-refractivity contribution in [3.05, 3.63) is 41.0 Å². The molecule has 1 aromatic carbocycles. The van der Waals surface area contributed by atoms with Crippen molar-refractivity contribution >= 4 is 35.0 Å². The number of ether oxygens (including phenoxy) is 2. The number of carbonyl (C=O) groups excluding carboxylic acids is 2. The number of fused-ring (bicyclic) bond motifs is 1. The highest BCUT2D eigenvalue weighted by Crippen LogP contribution is 2.30. The summed E-state index contributed by atoms with van der Waals surface area (Å²) in [6.45, 7) is 1.98. The van der Waals surface area contributed by atoms with Crippen LogP contribution >= 0.6 is 11.6 Å². The molecule has 3 rings (SSSR count). The maximum Gasteiger partial charge on any atom is 0.343 e. The number of benzene rings is 1. The maximum atomic E-state index is 11.9. The predicted molar refractivity (Wildman–Crippen MR) is 96.5 cm³/mol. The van der Waals surface area contributed by atoms with Crippen LogP contribution in [0, 0.1) is 0 Å². The van der Waals surface area contributed by atoms with Gasteiger partial charge < -0.3 is 14.8 Å². The second-order valence-electron chi connectivity index (χ2n) is 5.31. The molecule has 0 radical (unpaired) electrons. The molecule has 0 spiro atoms. The highest BCUT2D eigenvalue weighted by Gasteiger charge is 2.22. The van der Waals surface area contributed by atoms with Crippen molar-refractivity contribution in [3.63, 3.8) is 0 Å². The van der Waals surface area contributed by atoms with Gasteiger partial charge in [0.05, 0.1) is 13.7 Å². The molecule has 0 aliphatic carbocycles. The molecule has 0 fully saturated rings. The molecule has 2 N–H and O–H groups in total. The minimum Gasteiger partial charge on any atom is -0.465 e. The smallest absolute Gasteiger partial charge is 0.343 e. The molecule has 136 valence electrons. The van der Waals surface area contributed by atoms with Gasteiger partial charge in [-0.25, -0.2) is 14.3 Å². The Kier molecular flexibility index (Phi) is 5.13. The average Bonchev–Trinajstić information content (AvgIpc) is 3.19. The van der Waals surface area contributed by atoms with Crippen LogP contribution in [0.15, 0.2) is 30.5 Å². The van der Waals surface area contributed by atoms with Gasteiger partial charge in [0.15, 0.2) is 11.5 Å². The normalized spacial score (nSPS) is 10.7. The maximum absolute atomic E-state index is 11.9. The van der Waals surface area contributed by atoms with Crippen LogP contribution in [0.5, 0.6) is 0 Å². The van der Waals surface area contributed by atoms with Crippen LogP contribution in [-0.4, -0.2) is 46.8 Å². The van der Waals surface area contributed by atoms with E-state index in [-0.39, 0.29) is 12.1 Å². The highest BCUT2D eigenvalue weighted by molar-refractivity contribution is 6.30. The van der Waals surface area contributed by atoms with Crippen LogP contribution < -0.4 is 5.32 Å². The van der Waals surface area contributed by atoms with Gasteiger partial charge >= 0.3 is 11.9 Å². The van der Waals surface area contributed by atoms with Crippen LogP contribution in [0.3, 0.4) is 0 Å². The van der Waals surface area contributed by atoms with E-state index in [2.05, 4.69) is 15.4 Å². The van der Waals surface area contributed by atoms with Crippen molar-refractivity contribution in [1.29, 1.82) is 0 Å². The summed E-state index contributed by atoms with van der Waals surface area (Å²) in [7, 11) is 1.30. The van der Waals surface area contributed by atoms with Gasteiger partial charge in [0.2, 0.25) is 0 Å². The van der Waals surface area contributed by atoms with Gasteiger partial charge in [0, 0.05) is 16.8 Å². The Labute approximate surface area is 154 Å². The van der Waals surface area contributed by atoms with E-state index < -0.39 is 11.9 Å². The van der Waals surface area contributed by atoms with Crippen LogP contribution in [0.1, 0.15) is 17.3 Å². The number of nitrogens with zero attached hydrogens (tertiary/aromatic N) is 2. The number of nitrogens with one attached hydrogen (secondary N) is 2. The molecular weight excluding hydrogens is 360 g/mol. The summed E-state index contributed by atoms with van der Waals surface area (Å²) in [4.78, 5) is 28.2. The first-order valence-corrected chi connectivity index (χ1v) is 8.26. The molecule has 26 heavy (non-hydrogen) atoms. The summed E-state index contributed by atoms with van der Waals surface area (Å²) < 4.78 is 11.3. The van der Waals surface area contributed by atoms with Gasteiger partial charge in [-0.05, 0) is 19.1 Å². The van der Waals surface area contributed by atoms with Gasteiger partial charge in [0.25, 0.3) is 0 Å². The Morgan fingerprint density at radius 2 is 2.04 bits per heavy atom. The van der Waals surface area contributed by atoms with Crippen molar-refractivity contribution in [2.45, 2.75) is 6.92 Å². The third-order valence-electron chi connectivity index (χ3n) is 3.68. The fraction of sp³-hybridized carbons (Fsp3) is 0.235. The summed E-state index contributed by atoms with van der Waals surface area (Å²) in [5.74, 6) is -0.393. The number of hydrogen-bond acceptors (Lipinski definition) is 6. The lowest BCUT2D eigenvalue weighted by atomic mass is 10.1. The van der Waals surface area contributed by atoms with Gasteiger partial charge in [-0.15, -0.1) is 0 Å². The number of anilines is 1. The third kappa shape index (κ3) is 3.36. The minimum absolute atomic E-state index is 0.0468. The number of methoxy groups -OCH3 is 1. The quantitative estimate of drug-likeness (QED) is 0.642. The van der Waals surface area contributed by atoms with E-state index in [0.29, 0.717) is 28.8 Å². The molecule has 0 amide bonds. The number of halogens is 1. The molecule has 0 aliphatic heterocycles. The molecule has 0 aliphatic rings. The van der Waals surface area contributed by atoms with E-state index in [4.69, 9.17) is 21.1 Å². The lowest BCUT2D eigenvalue weighted by Crippen LogP contribution is -2.18. The second kappa shape index (κ2) is 7.49. The lowest BCUT2D eigenvalue weighted by molar-refractivity contribution is -0.140. The Morgan fingerprint density at radius 1 is 1.31 bits per heavy atom. The van der Waals surface area contributed by atoms with E-state index in [1.54, 1.807) is 35.7 Å². The van der Waals surface area contributed by atoms with E-state index in [9.17, 15) is 9.59 Å². The predicted octanol–water partition coefficient (Wildman–Crippen LogP) is 2.74. The lowest BCUT2D eigenvalue weighted by Gasteiger charge is -2.07. The fourth-order valence-electron chi connectivity index (χ4n) is 2.52. The van der Waals surface area contributed by atoms with Crippen LogP contribution in [-0.2, 0) is 14.3 Å². The number of hydrogen-bond donors (Lipinski definition) is 2. The zero-order chi connectivity index (χ0) is 18.7. The molecule has 0 unspecified atom stereocenters. The van der Waals surface area contributed by atoms with Crippen molar-refractivity contribution in [3.8, 4) is 11.3 Å².